The molecule has 0 spiro atoms. The van der Waals surface area contributed by atoms with Crippen LogP contribution in [0.15, 0.2) is 12.3 Å². The number of hydrogen-bond donors (Lipinski definition) is 1. The minimum Gasteiger partial charge on any atom is -0.355 e. The van der Waals surface area contributed by atoms with Crippen LogP contribution in [0.25, 0.3) is 0 Å². The number of nitrogens with zero attached hydrogens (tertiary/aromatic N) is 3. The third kappa shape index (κ3) is 2.65. The van der Waals surface area contributed by atoms with Crippen LogP contribution in [0, 0.1) is 0 Å². The predicted octanol–water partition coefficient (Wildman–Crippen LogP) is 1.56. The molecule has 1 aromatic rings. The number of anilines is 1. The van der Waals surface area contributed by atoms with Crippen molar-refractivity contribution < 1.29 is 0 Å². The first-order valence-electron chi connectivity index (χ1n) is 5.48. The summed E-state index contributed by atoms with van der Waals surface area (Å²) in [6.45, 7) is 4.88. The van der Waals surface area contributed by atoms with E-state index in [-0.39, 0.29) is 0 Å². The molecule has 84 valence electrons. The first-order valence-corrected chi connectivity index (χ1v) is 5.48. The van der Waals surface area contributed by atoms with E-state index in [1.165, 1.54) is 0 Å². The quantitative estimate of drug-likeness (QED) is 0.798. The molecule has 0 saturated heterocycles. The fourth-order valence-electron chi connectivity index (χ4n) is 1.82. The van der Waals surface area contributed by atoms with Gasteiger partial charge in [-0.15, -0.1) is 5.10 Å². The highest BCUT2D eigenvalue weighted by Crippen LogP contribution is 2.19. The molecule has 0 aliphatic heterocycles. The third-order valence-corrected chi connectivity index (χ3v) is 2.83. The summed E-state index contributed by atoms with van der Waals surface area (Å²) in [5.41, 5.74) is 6.73. The van der Waals surface area contributed by atoms with Gasteiger partial charge in [0.15, 0.2) is 5.82 Å². The number of rotatable bonds is 5. The first kappa shape index (κ1) is 11.9. The molecule has 0 amide bonds. The Morgan fingerprint density at radius 2 is 2.07 bits per heavy atom. The van der Waals surface area contributed by atoms with Crippen LogP contribution in [0.4, 0.5) is 5.82 Å². The average molecular weight is 208 g/mol. The molecule has 0 unspecified atom stereocenters. The van der Waals surface area contributed by atoms with Crippen molar-refractivity contribution in [2.45, 2.75) is 39.3 Å². The summed E-state index contributed by atoms with van der Waals surface area (Å²) in [6.07, 6.45) is 3.90. The van der Waals surface area contributed by atoms with Crippen molar-refractivity contribution in [2.75, 3.05) is 11.9 Å². The second-order valence-electron chi connectivity index (χ2n) is 3.67. The molecule has 0 fully saturated rings. The predicted molar refractivity (Wildman–Crippen MR) is 62.7 cm³/mol. The zero-order valence-electron chi connectivity index (χ0n) is 9.77. The molecular weight excluding hydrogens is 188 g/mol. The third-order valence-electron chi connectivity index (χ3n) is 2.83. The Bertz CT molecular complexity index is 296. The van der Waals surface area contributed by atoms with E-state index in [9.17, 15) is 0 Å². The highest BCUT2D eigenvalue weighted by Gasteiger charge is 2.15. The van der Waals surface area contributed by atoms with Gasteiger partial charge in [-0.1, -0.05) is 13.8 Å². The minimum atomic E-state index is 0.506. The molecule has 4 nitrogen and oxygen atoms in total. The maximum absolute atomic E-state index is 5.68. The standard InChI is InChI=1S/C11H20N4/c1-4-10(5-2)15(3)11-9(8-12)6-7-13-14-11/h6-7,10H,4-5,8,12H2,1-3H3. The normalized spacial score (nSPS) is 10.7. The molecule has 0 aliphatic carbocycles. The second kappa shape index (κ2) is 5.66. The van der Waals surface area contributed by atoms with E-state index < -0.39 is 0 Å². The lowest BCUT2D eigenvalue weighted by Crippen LogP contribution is -2.32. The Hall–Kier alpha value is -1.16. The summed E-state index contributed by atoms with van der Waals surface area (Å²) in [6, 6.07) is 2.44. The molecule has 15 heavy (non-hydrogen) atoms. The highest BCUT2D eigenvalue weighted by molar-refractivity contribution is 5.45. The molecule has 0 saturated carbocycles. The second-order valence-corrected chi connectivity index (χ2v) is 3.67. The van der Waals surface area contributed by atoms with Crippen LogP contribution in [-0.2, 0) is 6.54 Å². The van der Waals surface area contributed by atoms with Gasteiger partial charge < -0.3 is 10.6 Å². The Morgan fingerprint density at radius 3 is 2.60 bits per heavy atom. The lowest BCUT2D eigenvalue weighted by molar-refractivity contribution is 0.582. The van der Waals surface area contributed by atoms with Crippen molar-refractivity contribution in [1.29, 1.82) is 0 Å². The van der Waals surface area contributed by atoms with Crippen LogP contribution in [0.5, 0.6) is 0 Å². The Kier molecular flexibility index (Phi) is 4.49. The van der Waals surface area contributed by atoms with E-state index in [1.807, 2.05) is 6.07 Å². The van der Waals surface area contributed by atoms with Crippen molar-refractivity contribution in [3.05, 3.63) is 17.8 Å². The van der Waals surface area contributed by atoms with E-state index in [0.717, 1.165) is 24.2 Å². The van der Waals surface area contributed by atoms with Gasteiger partial charge in [-0.05, 0) is 18.9 Å². The Morgan fingerprint density at radius 1 is 1.40 bits per heavy atom. The monoisotopic (exact) mass is 208 g/mol. The van der Waals surface area contributed by atoms with Crippen molar-refractivity contribution >= 4 is 5.82 Å². The van der Waals surface area contributed by atoms with Gasteiger partial charge in [-0.2, -0.15) is 5.10 Å². The zero-order valence-corrected chi connectivity index (χ0v) is 9.77. The molecule has 1 heterocycles. The van der Waals surface area contributed by atoms with Crippen LogP contribution < -0.4 is 10.6 Å². The van der Waals surface area contributed by atoms with Crippen LogP contribution in [0.2, 0.25) is 0 Å². The van der Waals surface area contributed by atoms with Crippen LogP contribution in [0.1, 0.15) is 32.3 Å². The Balaban J connectivity index is 2.93. The van der Waals surface area contributed by atoms with Gasteiger partial charge >= 0.3 is 0 Å². The number of nitrogens with two attached hydrogens (primary N) is 1. The van der Waals surface area contributed by atoms with Gasteiger partial charge in [0, 0.05) is 25.2 Å². The van der Waals surface area contributed by atoms with Gasteiger partial charge in [0.05, 0.1) is 6.20 Å². The van der Waals surface area contributed by atoms with E-state index >= 15 is 0 Å². The molecule has 1 aromatic heterocycles. The van der Waals surface area contributed by atoms with Crippen LogP contribution in [0.3, 0.4) is 0 Å². The highest BCUT2D eigenvalue weighted by atomic mass is 15.3. The maximum atomic E-state index is 5.68. The lowest BCUT2D eigenvalue weighted by Gasteiger charge is -2.28. The average Bonchev–Trinajstić information content (AvgIpc) is 2.30. The summed E-state index contributed by atoms with van der Waals surface area (Å²) < 4.78 is 0. The van der Waals surface area contributed by atoms with E-state index in [4.69, 9.17) is 5.73 Å². The molecule has 1 rings (SSSR count). The van der Waals surface area contributed by atoms with E-state index in [0.29, 0.717) is 12.6 Å². The summed E-state index contributed by atoms with van der Waals surface area (Å²) in [5, 5.41) is 8.08. The summed E-state index contributed by atoms with van der Waals surface area (Å²) in [5.74, 6) is 0.911. The molecule has 0 radical (unpaired) electrons. The first-order chi connectivity index (χ1) is 7.24. The Labute approximate surface area is 91.5 Å². The molecular formula is C11H20N4. The summed E-state index contributed by atoms with van der Waals surface area (Å²) >= 11 is 0. The number of aromatic nitrogens is 2. The molecule has 0 bridgehead atoms. The van der Waals surface area contributed by atoms with Gasteiger partial charge in [-0.3, -0.25) is 0 Å². The van der Waals surface area contributed by atoms with Gasteiger partial charge in [0.1, 0.15) is 0 Å². The van der Waals surface area contributed by atoms with Gasteiger partial charge in [0.25, 0.3) is 0 Å². The van der Waals surface area contributed by atoms with Crippen LogP contribution in [-0.4, -0.2) is 23.3 Å². The summed E-state index contributed by atoms with van der Waals surface area (Å²) in [4.78, 5) is 2.18. The zero-order chi connectivity index (χ0) is 11.3. The fourth-order valence-corrected chi connectivity index (χ4v) is 1.82. The molecule has 0 atom stereocenters. The molecule has 0 aliphatic rings. The molecule has 0 aromatic carbocycles. The topological polar surface area (TPSA) is 55.0 Å². The lowest BCUT2D eigenvalue weighted by atomic mass is 10.1. The smallest absolute Gasteiger partial charge is 0.155 e. The van der Waals surface area contributed by atoms with Crippen molar-refractivity contribution in [2.24, 2.45) is 5.73 Å². The van der Waals surface area contributed by atoms with Crippen LogP contribution >= 0.6 is 0 Å². The number of hydrogen-bond acceptors (Lipinski definition) is 4. The summed E-state index contributed by atoms with van der Waals surface area (Å²) in [7, 11) is 2.06. The molecule has 4 heteroatoms. The van der Waals surface area contributed by atoms with Gasteiger partial charge in [-0.25, -0.2) is 0 Å². The SMILES string of the molecule is CCC(CC)N(C)c1nnccc1CN. The van der Waals surface area contributed by atoms with E-state index in [1.54, 1.807) is 6.20 Å². The minimum absolute atomic E-state index is 0.506. The maximum Gasteiger partial charge on any atom is 0.155 e. The van der Waals surface area contributed by atoms with Crippen molar-refractivity contribution in [1.82, 2.24) is 10.2 Å². The van der Waals surface area contributed by atoms with E-state index in [2.05, 4.69) is 36.0 Å². The fraction of sp³-hybridized carbons (Fsp3) is 0.636. The van der Waals surface area contributed by atoms with Crippen molar-refractivity contribution in [3.8, 4) is 0 Å². The largest absolute Gasteiger partial charge is 0.355 e. The van der Waals surface area contributed by atoms with Gasteiger partial charge in [0.2, 0.25) is 0 Å². The molecule has 2 N–H and O–H groups in total. The van der Waals surface area contributed by atoms with Crippen molar-refractivity contribution in [3.63, 3.8) is 0 Å².